The van der Waals surface area contributed by atoms with Gasteiger partial charge in [-0.2, -0.15) is 0 Å². The van der Waals surface area contributed by atoms with Crippen molar-refractivity contribution < 1.29 is 4.79 Å². The van der Waals surface area contributed by atoms with Gasteiger partial charge in [-0.15, -0.1) is 0 Å². The third kappa shape index (κ3) is 5.07. The molecule has 0 spiro atoms. The first-order valence-electron chi connectivity index (χ1n) is 8.85. The van der Waals surface area contributed by atoms with Crippen LogP contribution in [0.15, 0.2) is 66.9 Å². The SMILES string of the molecule is Cc1ccc(CNC(=O)c2ccc(Nc3ccc(N(C)C)cc3)cn2)cc1. The predicted octanol–water partition coefficient (Wildman–Crippen LogP) is 4.13. The second-order valence-corrected chi connectivity index (χ2v) is 6.67. The minimum Gasteiger partial charge on any atom is -0.378 e. The second kappa shape index (κ2) is 8.36. The van der Waals surface area contributed by atoms with E-state index >= 15 is 0 Å². The van der Waals surface area contributed by atoms with E-state index in [0.29, 0.717) is 12.2 Å². The summed E-state index contributed by atoms with van der Waals surface area (Å²) in [7, 11) is 4.02. The van der Waals surface area contributed by atoms with Gasteiger partial charge < -0.3 is 15.5 Å². The number of hydrogen-bond donors (Lipinski definition) is 2. The highest BCUT2D eigenvalue weighted by Gasteiger charge is 2.07. The maximum Gasteiger partial charge on any atom is 0.270 e. The summed E-state index contributed by atoms with van der Waals surface area (Å²) in [4.78, 5) is 18.6. The molecule has 27 heavy (non-hydrogen) atoms. The Bertz CT molecular complexity index is 885. The zero-order chi connectivity index (χ0) is 19.2. The van der Waals surface area contributed by atoms with Crippen LogP contribution in [0.25, 0.3) is 0 Å². The number of nitrogens with one attached hydrogen (secondary N) is 2. The third-order valence-corrected chi connectivity index (χ3v) is 4.24. The van der Waals surface area contributed by atoms with Gasteiger partial charge in [0, 0.05) is 32.0 Å². The number of benzene rings is 2. The van der Waals surface area contributed by atoms with Gasteiger partial charge in [-0.1, -0.05) is 29.8 Å². The van der Waals surface area contributed by atoms with E-state index in [1.165, 1.54) is 5.56 Å². The number of pyridine rings is 1. The summed E-state index contributed by atoms with van der Waals surface area (Å²) in [5.74, 6) is -0.183. The molecule has 0 radical (unpaired) electrons. The summed E-state index contributed by atoms with van der Waals surface area (Å²) in [6.45, 7) is 2.53. The van der Waals surface area contributed by atoms with Gasteiger partial charge in [-0.3, -0.25) is 4.79 Å². The summed E-state index contributed by atoms with van der Waals surface area (Å²) in [5, 5.41) is 6.18. The molecule has 0 saturated heterocycles. The molecule has 3 aromatic rings. The Morgan fingerprint density at radius 2 is 1.59 bits per heavy atom. The fourth-order valence-corrected chi connectivity index (χ4v) is 2.59. The van der Waals surface area contributed by atoms with Crippen molar-refractivity contribution in [2.75, 3.05) is 24.3 Å². The average molecular weight is 360 g/mol. The summed E-state index contributed by atoms with van der Waals surface area (Å²) < 4.78 is 0. The Morgan fingerprint density at radius 1 is 0.926 bits per heavy atom. The van der Waals surface area contributed by atoms with Gasteiger partial charge >= 0.3 is 0 Å². The molecule has 3 rings (SSSR count). The molecule has 2 N–H and O–H groups in total. The third-order valence-electron chi connectivity index (χ3n) is 4.24. The van der Waals surface area contributed by atoms with Crippen LogP contribution in [0.5, 0.6) is 0 Å². The van der Waals surface area contributed by atoms with Crippen LogP contribution in [-0.2, 0) is 6.54 Å². The van der Waals surface area contributed by atoms with E-state index in [1.54, 1.807) is 12.3 Å². The van der Waals surface area contributed by atoms with Crippen LogP contribution in [0, 0.1) is 6.92 Å². The van der Waals surface area contributed by atoms with Crippen molar-refractivity contribution >= 4 is 23.0 Å². The molecule has 1 amide bonds. The number of aryl methyl sites for hydroxylation is 1. The fraction of sp³-hybridized carbons (Fsp3) is 0.182. The van der Waals surface area contributed by atoms with Crippen LogP contribution in [0.2, 0.25) is 0 Å². The lowest BCUT2D eigenvalue weighted by molar-refractivity contribution is 0.0946. The number of rotatable bonds is 6. The van der Waals surface area contributed by atoms with Gasteiger partial charge in [-0.05, 0) is 48.9 Å². The van der Waals surface area contributed by atoms with Gasteiger partial charge in [0.15, 0.2) is 0 Å². The lowest BCUT2D eigenvalue weighted by Crippen LogP contribution is -2.23. The van der Waals surface area contributed by atoms with E-state index in [2.05, 4.69) is 20.5 Å². The molecule has 0 atom stereocenters. The van der Waals surface area contributed by atoms with Crippen molar-refractivity contribution in [1.29, 1.82) is 0 Å². The summed E-state index contributed by atoms with van der Waals surface area (Å²) >= 11 is 0. The highest BCUT2D eigenvalue weighted by Crippen LogP contribution is 2.19. The molecular formula is C22H24N4O. The first kappa shape index (κ1) is 18.5. The molecular weight excluding hydrogens is 336 g/mol. The highest BCUT2D eigenvalue weighted by molar-refractivity contribution is 5.92. The van der Waals surface area contributed by atoms with Crippen molar-refractivity contribution in [3.63, 3.8) is 0 Å². The molecule has 1 aromatic heterocycles. The summed E-state index contributed by atoms with van der Waals surface area (Å²) in [5.41, 5.74) is 5.61. The summed E-state index contributed by atoms with van der Waals surface area (Å²) in [6.07, 6.45) is 1.67. The Labute approximate surface area is 160 Å². The van der Waals surface area contributed by atoms with Gasteiger partial charge in [0.2, 0.25) is 0 Å². The Kier molecular flexibility index (Phi) is 5.71. The zero-order valence-corrected chi connectivity index (χ0v) is 15.9. The predicted molar refractivity (Wildman–Crippen MR) is 111 cm³/mol. The van der Waals surface area contributed by atoms with Crippen LogP contribution < -0.4 is 15.5 Å². The van der Waals surface area contributed by atoms with Crippen molar-refractivity contribution in [2.45, 2.75) is 13.5 Å². The molecule has 5 heteroatoms. The number of hydrogen-bond acceptors (Lipinski definition) is 4. The quantitative estimate of drug-likeness (QED) is 0.694. The largest absolute Gasteiger partial charge is 0.378 e. The lowest BCUT2D eigenvalue weighted by Gasteiger charge is -2.13. The van der Waals surface area contributed by atoms with Crippen LogP contribution in [0.1, 0.15) is 21.6 Å². The fourth-order valence-electron chi connectivity index (χ4n) is 2.59. The number of aromatic nitrogens is 1. The van der Waals surface area contributed by atoms with Crippen LogP contribution in [0.3, 0.4) is 0 Å². The molecule has 0 aliphatic heterocycles. The molecule has 2 aromatic carbocycles. The van der Waals surface area contributed by atoms with Crippen molar-refractivity contribution in [2.24, 2.45) is 0 Å². The van der Waals surface area contributed by atoms with E-state index < -0.39 is 0 Å². The molecule has 0 saturated carbocycles. The molecule has 5 nitrogen and oxygen atoms in total. The number of nitrogens with zero attached hydrogens (tertiary/aromatic N) is 2. The van der Waals surface area contributed by atoms with E-state index in [1.807, 2.05) is 75.6 Å². The Balaban J connectivity index is 1.57. The average Bonchev–Trinajstić information content (AvgIpc) is 2.68. The molecule has 0 aliphatic rings. The molecule has 0 aliphatic carbocycles. The minimum atomic E-state index is -0.183. The van der Waals surface area contributed by atoms with E-state index in [-0.39, 0.29) is 5.91 Å². The highest BCUT2D eigenvalue weighted by atomic mass is 16.1. The molecule has 0 fully saturated rings. The Morgan fingerprint density at radius 3 is 2.19 bits per heavy atom. The number of amides is 1. The monoisotopic (exact) mass is 360 g/mol. The number of carbonyl (C=O) groups excluding carboxylic acids is 1. The standard InChI is InChI=1S/C22H24N4O/c1-16-4-6-17(7-5-16)14-24-22(27)21-13-10-19(15-23-21)25-18-8-11-20(12-9-18)26(2)3/h4-13,15,25H,14H2,1-3H3,(H,24,27). The molecule has 0 unspecified atom stereocenters. The van der Waals surface area contributed by atoms with Gasteiger partial charge in [0.25, 0.3) is 5.91 Å². The molecule has 1 heterocycles. The van der Waals surface area contributed by atoms with Crippen LogP contribution in [0.4, 0.5) is 17.1 Å². The second-order valence-electron chi connectivity index (χ2n) is 6.67. The lowest BCUT2D eigenvalue weighted by atomic mass is 10.1. The van der Waals surface area contributed by atoms with Crippen molar-refractivity contribution in [3.05, 3.63) is 83.7 Å². The Hall–Kier alpha value is -3.34. The van der Waals surface area contributed by atoms with E-state index in [4.69, 9.17) is 0 Å². The first-order chi connectivity index (χ1) is 13.0. The maximum absolute atomic E-state index is 12.3. The van der Waals surface area contributed by atoms with Crippen LogP contribution in [-0.4, -0.2) is 25.0 Å². The van der Waals surface area contributed by atoms with Gasteiger partial charge in [-0.25, -0.2) is 4.98 Å². The smallest absolute Gasteiger partial charge is 0.270 e. The summed E-state index contributed by atoms with van der Waals surface area (Å²) in [6, 6.07) is 19.8. The first-order valence-corrected chi connectivity index (χ1v) is 8.85. The van der Waals surface area contributed by atoms with Crippen molar-refractivity contribution in [1.82, 2.24) is 10.3 Å². The van der Waals surface area contributed by atoms with Crippen LogP contribution >= 0.6 is 0 Å². The van der Waals surface area contributed by atoms with Gasteiger partial charge in [0.1, 0.15) is 5.69 Å². The van der Waals surface area contributed by atoms with Gasteiger partial charge in [0.05, 0.1) is 11.9 Å². The molecule has 138 valence electrons. The zero-order valence-electron chi connectivity index (χ0n) is 15.9. The molecule has 0 bridgehead atoms. The normalized spacial score (nSPS) is 10.3. The number of anilines is 3. The topological polar surface area (TPSA) is 57.3 Å². The minimum absolute atomic E-state index is 0.183. The van der Waals surface area contributed by atoms with Crippen molar-refractivity contribution in [3.8, 4) is 0 Å². The number of carbonyl (C=O) groups is 1. The van der Waals surface area contributed by atoms with E-state index in [0.717, 1.165) is 22.6 Å². The maximum atomic E-state index is 12.3. The van der Waals surface area contributed by atoms with E-state index in [9.17, 15) is 4.79 Å².